The van der Waals surface area contributed by atoms with Gasteiger partial charge >= 0.3 is 0 Å². The molecule has 0 aliphatic carbocycles. The molecule has 0 bridgehead atoms. The van der Waals surface area contributed by atoms with Crippen LogP contribution in [0.1, 0.15) is 34.6 Å². The van der Waals surface area contributed by atoms with Crippen LogP contribution < -0.4 is 20.2 Å². The van der Waals surface area contributed by atoms with Crippen molar-refractivity contribution in [3.8, 4) is 11.5 Å². The van der Waals surface area contributed by atoms with Crippen LogP contribution in [0, 0.1) is 6.92 Å². The fourth-order valence-corrected chi connectivity index (χ4v) is 3.06. The maximum Gasteiger partial charge on any atom is 0.287 e. The van der Waals surface area contributed by atoms with Crippen molar-refractivity contribution in [3.05, 3.63) is 69.6 Å². The second-order valence-electron chi connectivity index (χ2n) is 6.57. The van der Waals surface area contributed by atoms with Crippen molar-refractivity contribution in [2.45, 2.75) is 19.9 Å². The predicted molar refractivity (Wildman–Crippen MR) is 101 cm³/mol. The number of carbonyl (C=O) groups is 1. The van der Waals surface area contributed by atoms with Gasteiger partial charge in [-0.1, -0.05) is 17.7 Å². The summed E-state index contributed by atoms with van der Waals surface area (Å²) in [6, 6.07) is 11.8. The van der Waals surface area contributed by atoms with Gasteiger partial charge in [0, 0.05) is 6.07 Å². The lowest BCUT2D eigenvalue weighted by atomic mass is 10.1. The van der Waals surface area contributed by atoms with Gasteiger partial charge in [-0.3, -0.25) is 9.59 Å². The summed E-state index contributed by atoms with van der Waals surface area (Å²) in [5.74, 6) is 0.893. The van der Waals surface area contributed by atoms with Crippen LogP contribution in [0.15, 0.2) is 51.7 Å². The van der Waals surface area contributed by atoms with Crippen molar-refractivity contribution < 1.29 is 18.7 Å². The summed E-state index contributed by atoms with van der Waals surface area (Å²) in [5.41, 5.74) is 1.98. The summed E-state index contributed by atoms with van der Waals surface area (Å²) in [6.07, 6.45) is 0. The molecule has 1 aromatic heterocycles. The first-order chi connectivity index (χ1) is 13.0. The zero-order valence-corrected chi connectivity index (χ0v) is 15.1. The van der Waals surface area contributed by atoms with Crippen molar-refractivity contribution in [1.82, 2.24) is 5.32 Å². The normalized spacial score (nSPS) is 14.0. The van der Waals surface area contributed by atoms with Gasteiger partial charge in [-0.25, -0.2) is 0 Å². The van der Waals surface area contributed by atoms with Gasteiger partial charge in [-0.15, -0.1) is 0 Å². The zero-order valence-electron chi connectivity index (χ0n) is 15.1. The van der Waals surface area contributed by atoms with Crippen molar-refractivity contribution in [2.24, 2.45) is 0 Å². The number of benzene rings is 2. The van der Waals surface area contributed by atoms with E-state index in [1.807, 2.05) is 38.1 Å². The summed E-state index contributed by atoms with van der Waals surface area (Å²) >= 11 is 0. The van der Waals surface area contributed by atoms with Crippen LogP contribution in [0.4, 0.5) is 0 Å². The summed E-state index contributed by atoms with van der Waals surface area (Å²) < 4.78 is 16.7. The average Bonchev–Trinajstić information content (AvgIpc) is 2.68. The van der Waals surface area contributed by atoms with Crippen molar-refractivity contribution in [1.29, 1.82) is 0 Å². The number of carbonyl (C=O) groups excluding carboxylic acids is 1. The van der Waals surface area contributed by atoms with Gasteiger partial charge in [0.05, 0.1) is 11.4 Å². The molecule has 4 rings (SSSR count). The van der Waals surface area contributed by atoms with E-state index in [4.69, 9.17) is 13.9 Å². The fraction of sp³-hybridized carbons (Fsp3) is 0.238. The minimum Gasteiger partial charge on any atom is -0.486 e. The molecule has 1 N–H and O–H groups in total. The van der Waals surface area contributed by atoms with E-state index in [0.29, 0.717) is 35.7 Å². The molecule has 6 heteroatoms. The molecule has 138 valence electrons. The van der Waals surface area contributed by atoms with Crippen LogP contribution in [0.3, 0.4) is 0 Å². The van der Waals surface area contributed by atoms with Gasteiger partial charge < -0.3 is 19.2 Å². The molecule has 0 spiro atoms. The van der Waals surface area contributed by atoms with Crippen molar-refractivity contribution in [3.63, 3.8) is 0 Å². The number of hydrogen-bond acceptors (Lipinski definition) is 5. The lowest BCUT2D eigenvalue weighted by Crippen LogP contribution is -2.27. The monoisotopic (exact) mass is 365 g/mol. The summed E-state index contributed by atoms with van der Waals surface area (Å²) in [7, 11) is 0. The van der Waals surface area contributed by atoms with E-state index in [2.05, 4.69) is 5.32 Å². The Kier molecular flexibility index (Phi) is 4.32. The van der Waals surface area contributed by atoms with Gasteiger partial charge in [0.2, 0.25) is 0 Å². The Hall–Kier alpha value is -3.28. The second-order valence-corrected chi connectivity index (χ2v) is 6.57. The Labute approximate surface area is 155 Å². The van der Waals surface area contributed by atoms with E-state index in [0.717, 1.165) is 11.1 Å². The summed E-state index contributed by atoms with van der Waals surface area (Å²) in [4.78, 5) is 24.9. The SMILES string of the molecule is Cc1ccc2oc(C(=O)N[C@H](C)c3ccc4c(c3)OCCO4)cc(=O)c2c1. The first-order valence-electron chi connectivity index (χ1n) is 8.76. The molecule has 0 fully saturated rings. The Bertz CT molecular complexity index is 1090. The van der Waals surface area contributed by atoms with Gasteiger partial charge in [0.15, 0.2) is 22.7 Å². The highest BCUT2D eigenvalue weighted by Gasteiger charge is 2.18. The first-order valence-corrected chi connectivity index (χ1v) is 8.76. The average molecular weight is 365 g/mol. The maximum absolute atomic E-state index is 12.6. The van der Waals surface area contributed by atoms with Gasteiger partial charge in [0.1, 0.15) is 18.8 Å². The largest absolute Gasteiger partial charge is 0.486 e. The number of aryl methyl sites for hydroxylation is 1. The quantitative estimate of drug-likeness (QED) is 0.770. The molecule has 1 aliphatic heterocycles. The van der Waals surface area contributed by atoms with E-state index < -0.39 is 5.91 Å². The van der Waals surface area contributed by atoms with Crippen LogP contribution in [-0.2, 0) is 0 Å². The number of amides is 1. The molecule has 0 saturated heterocycles. The van der Waals surface area contributed by atoms with Crippen LogP contribution in [-0.4, -0.2) is 19.1 Å². The lowest BCUT2D eigenvalue weighted by Gasteiger charge is -2.21. The number of rotatable bonds is 3. The Morgan fingerprint density at radius 3 is 2.63 bits per heavy atom. The maximum atomic E-state index is 12.6. The highest BCUT2D eigenvalue weighted by molar-refractivity contribution is 5.93. The lowest BCUT2D eigenvalue weighted by molar-refractivity contribution is 0.0912. The molecular formula is C21H19NO5. The molecule has 2 heterocycles. The van der Waals surface area contributed by atoms with E-state index in [9.17, 15) is 9.59 Å². The zero-order chi connectivity index (χ0) is 19.0. The third-order valence-corrected chi connectivity index (χ3v) is 4.52. The molecule has 1 atom stereocenters. The standard InChI is InChI=1S/C21H19NO5/c1-12-3-5-17-15(9-12)16(23)11-20(27-17)21(24)22-13(2)14-4-6-18-19(10-14)26-8-7-25-18/h3-6,9-11,13H,7-8H2,1-2H3,(H,22,24)/t13-/m1/s1. The van der Waals surface area contributed by atoms with Crippen LogP contribution in [0.25, 0.3) is 11.0 Å². The van der Waals surface area contributed by atoms with Gasteiger partial charge in [-0.05, 0) is 43.7 Å². The number of hydrogen-bond donors (Lipinski definition) is 1. The Balaban J connectivity index is 1.57. The number of ether oxygens (including phenoxy) is 2. The molecule has 27 heavy (non-hydrogen) atoms. The highest BCUT2D eigenvalue weighted by atomic mass is 16.6. The van der Waals surface area contributed by atoms with Gasteiger partial charge in [-0.2, -0.15) is 0 Å². The van der Waals surface area contributed by atoms with E-state index in [1.54, 1.807) is 12.1 Å². The van der Waals surface area contributed by atoms with Crippen molar-refractivity contribution >= 4 is 16.9 Å². The van der Waals surface area contributed by atoms with Crippen LogP contribution in [0.5, 0.6) is 11.5 Å². The van der Waals surface area contributed by atoms with E-state index in [-0.39, 0.29) is 17.2 Å². The van der Waals surface area contributed by atoms with E-state index in [1.165, 1.54) is 6.07 Å². The highest BCUT2D eigenvalue weighted by Crippen LogP contribution is 2.32. The third kappa shape index (κ3) is 3.38. The Morgan fingerprint density at radius 1 is 1.04 bits per heavy atom. The molecule has 1 aliphatic rings. The molecule has 3 aromatic rings. The number of nitrogens with one attached hydrogen (secondary N) is 1. The molecule has 0 saturated carbocycles. The molecule has 0 radical (unpaired) electrons. The summed E-state index contributed by atoms with van der Waals surface area (Å²) in [6.45, 7) is 4.78. The van der Waals surface area contributed by atoms with Crippen LogP contribution >= 0.6 is 0 Å². The smallest absolute Gasteiger partial charge is 0.287 e. The van der Waals surface area contributed by atoms with Crippen LogP contribution in [0.2, 0.25) is 0 Å². The fourth-order valence-electron chi connectivity index (χ4n) is 3.06. The van der Waals surface area contributed by atoms with E-state index >= 15 is 0 Å². The van der Waals surface area contributed by atoms with Crippen molar-refractivity contribution in [2.75, 3.05) is 13.2 Å². The minimum atomic E-state index is -0.447. The predicted octanol–water partition coefficient (Wildman–Crippen LogP) is 3.36. The first kappa shape index (κ1) is 17.1. The molecule has 6 nitrogen and oxygen atoms in total. The molecule has 2 aromatic carbocycles. The molecular weight excluding hydrogens is 346 g/mol. The number of fused-ring (bicyclic) bond motifs is 2. The molecule has 0 unspecified atom stereocenters. The molecule has 1 amide bonds. The topological polar surface area (TPSA) is 77.8 Å². The third-order valence-electron chi connectivity index (χ3n) is 4.52. The second kappa shape index (κ2) is 6.79. The summed E-state index contributed by atoms with van der Waals surface area (Å²) in [5, 5.41) is 3.32. The minimum absolute atomic E-state index is 0.0132. The Morgan fingerprint density at radius 2 is 1.81 bits per heavy atom. The van der Waals surface area contributed by atoms with Gasteiger partial charge in [0.25, 0.3) is 5.91 Å².